The molecule has 0 fully saturated rings. The molecule has 8 heteroatoms. The second kappa shape index (κ2) is 6.34. The van der Waals surface area contributed by atoms with E-state index in [0.717, 1.165) is 6.07 Å². The number of nitrogens with one attached hydrogen (secondary N) is 3. The van der Waals surface area contributed by atoms with Crippen molar-refractivity contribution in [2.75, 3.05) is 5.32 Å². The van der Waals surface area contributed by atoms with Crippen LogP contribution in [0.15, 0.2) is 18.2 Å². The number of carbonyl (C=O) groups is 1. The lowest BCUT2D eigenvalue weighted by atomic mass is 10.2. The molecule has 3 N–H and O–H groups in total. The molecular weight excluding hydrogens is 273 g/mol. The average Bonchev–Trinajstić information content (AvgIpc) is 2.39. The molecule has 0 aromatic heterocycles. The summed E-state index contributed by atoms with van der Waals surface area (Å²) >= 11 is 5.64. The summed E-state index contributed by atoms with van der Waals surface area (Å²) in [6.07, 6.45) is 0. The van der Waals surface area contributed by atoms with E-state index in [1.165, 1.54) is 18.2 Å². The SMILES string of the molecule is N#CC(=N)C(C#N)NC(=O)Nc1cc(Cl)ccc1F. The zero-order chi connectivity index (χ0) is 14.4. The molecule has 0 radical (unpaired) electrons. The van der Waals surface area contributed by atoms with E-state index in [4.69, 9.17) is 27.5 Å². The molecule has 0 aliphatic heterocycles. The Bertz CT molecular complexity index is 604. The van der Waals surface area contributed by atoms with Crippen LogP contribution in [0.25, 0.3) is 0 Å². The number of rotatable bonds is 3. The van der Waals surface area contributed by atoms with Crippen LogP contribution in [0.3, 0.4) is 0 Å². The monoisotopic (exact) mass is 279 g/mol. The van der Waals surface area contributed by atoms with Gasteiger partial charge in [0.25, 0.3) is 0 Å². The van der Waals surface area contributed by atoms with Crippen molar-refractivity contribution in [3.63, 3.8) is 0 Å². The summed E-state index contributed by atoms with van der Waals surface area (Å²) in [5, 5.41) is 28.6. The first-order valence-electron chi connectivity index (χ1n) is 4.88. The number of benzene rings is 1. The highest BCUT2D eigenvalue weighted by Crippen LogP contribution is 2.19. The van der Waals surface area contributed by atoms with Gasteiger partial charge in [-0.25, -0.2) is 9.18 Å². The summed E-state index contributed by atoms with van der Waals surface area (Å²) in [6.45, 7) is 0. The van der Waals surface area contributed by atoms with Crippen molar-refractivity contribution in [3.05, 3.63) is 29.0 Å². The maximum Gasteiger partial charge on any atom is 0.320 e. The number of hydrogen-bond acceptors (Lipinski definition) is 4. The van der Waals surface area contributed by atoms with Gasteiger partial charge in [-0.2, -0.15) is 10.5 Å². The van der Waals surface area contributed by atoms with Gasteiger partial charge < -0.3 is 10.6 Å². The number of hydrogen-bond donors (Lipinski definition) is 3. The van der Waals surface area contributed by atoms with Crippen LogP contribution in [0.2, 0.25) is 5.02 Å². The van der Waals surface area contributed by atoms with Crippen LogP contribution in [0.4, 0.5) is 14.9 Å². The van der Waals surface area contributed by atoms with Crippen molar-refractivity contribution in [2.45, 2.75) is 6.04 Å². The summed E-state index contributed by atoms with van der Waals surface area (Å²) < 4.78 is 13.3. The third kappa shape index (κ3) is 3.95. The molecule has 96 valence electrons. The van der Waals surface area contributed by atoms with Crippen LogP contribution >= 0.6 is 11.6 Å². The Morgan fingerprint density at radius 2 is 2.16 bits per heavy atom. The highest BCUT2D eigenvalue weighted by Gasteiger charge is 2.17. The standard InChI is InChI=1S/C11H7ClFN5O/c12-6-1-2-7(13)9(3-6)17-11(19)18-10(5-15)8(16)4-14/h1-3,10,16H,(H2,17,18,19). The van der Waals surface area contributed by atoms with Gasteiger partial charge in [-0.1, -0.05) is 11.6 Å². The van der Waals surface area contributed by atoms with Gasteiger partial charge >= 0.3 is 6.03 Å². The van der Waals surface area contributed by atoms with Gasteiger partial charge in [0, 0.05) is 5.02 Å². The van der Waals surface area contributed by atoms with Crippen LogP contribution in [-0.2, 0) is 0 Å². The van der Waals surface area contributed by atoms with E-state index >= 15 is 0 Å². The Balaban J connectivity index is 2.76. The third-order valence-corrected chi connectivity index (χ3v) is 2.23. The van der Waals surface area contributed by atoms with E-state index < -0.39 is 23.6 Å². The molecule has 0 aliphatic carbocycles. The molecule has 0 bridgehead atoms. The van der Waals surface area contributed by atoms with Crippen LogP contribution in [0.1, 0.15) is 0 Å². The predicted octanol–water partition coefficient (Wildman–Crippen LogP) is 2.04. The van der Waals surface area contributed by atoms with Gasteiger partial charge in [0.2, 0.25) is 0 Å². The molecule has 1 aromatic carbocycles. The molecular formula is C11H7ClFN5O. The molecule has 1 unspecified atom stereocenters. The Labute approximate surface area is 112 Å². The second-order valence-corrected chi connectivity index (χ2v) is 3.75. The van der Waals surface area contributed by atoms with Gasteiger partial charge in [-0.15, -0.1) is 0 Å². The fourth-order valence-electron chi connectivity index (χ4n) is 1.12. The number of amides is 2. The number of nitrogens with zero attached hydrogens (tertiary/aromatic N) is 2. The first-order chi connectivity index (χ1) is 8.97. The zero-order valence-electron chi connectivity index (χ0n) is 9.37. The molecule has 1 aromatic rings. The molecule has 1 rings (SSSR count). The van der Waals surface area contributed by atoms with Crippen LogP contribution in [-0.4, -0.2) is 17.8 Å². The molecule has 0 aliphatic rings. The topological polar surface area (TPSA) is 113 Å². The summed E-state index contributed by atoms with van der Waals surface area (Å²) in [7, 11) is 0. The molecule has 2 amide bonds. The molecule has 0 heterocycles. The Morgan fingerprint density at radius 3 is 2.74 bits per heavy atom. The minimum atomic E-state index is -1.40. The molecule has 0 spiro atoms. The van der Waals surface area contributed by atoms with Crippen LogP contribution < -0.4 is 10.6 Å². The fourth-order valence-corrected chi connectivity index (χ4v) is 1.29. The van der Waals surface area contributed by atoms with Gasteiger partial charge in [0.05, 0.1) is 11.8 Å². The van der Waals surface area contributed by atoms with E-state index in [1.54, 1.807) is 6.07 Å². The smallest absolute Gasteiger partial charge is 0.316 e. The van der Waals surface area contributed by atoms with Crippen molar-refractivity contribution in [2.24, 2.45) is 0 Å². The lowest BCUT2D eigenvalue weighted by Crippen LogP contribution is -2.41. The normalized spacial score (nSPS) is 10.7. The summed E-state index contributed by atoms with van der Waals surface area (Å²) in [5.74, 6) is -0.705. The number of nitriles is 2. The fraction of sp³-hybridized carbons (Fsp3) is 0.0909. The van der Waals surface area contributed by atoms with Crippen LogP contribution in [0, 0.1) is 33.9 Å². The van der Waals surface area contributed by atoms with Crippen molar-refractivity contribution < 1.29 is 9.18 Å². The summed E-state index contributed by atoms with van der Waals surface area (Å²) in [5.41, 5.74) is -0.797. The van der Waals surface area contributed by atoms with E-state index in [9.17, 15) is 9.18 Å². The first kappa shape index (κ1) is 14.4. The highest BCUT2D eigenvalue weighted by atomic mass is 35.5. The van der Waals surface area contributed by atoms with E-state index in [0.29, 0.717) is 0 Å². The van der Waals surface area contributed by atoms with Gasteiger partial charge in [-0.3, -0.25) is 5.41 Å². The van der Waals surface area contributed by atoms with Gasteiger partial charge in [0.1, 0.15) is 17.6 Å². The average molecular weight is 280 g/mol. The quantitative estimate of drug-likeness (QED) is 0.736. The van der Waals surface area contributed by atoms with Crippen LogP contribution in [0.5, 0.6) is 0 Å². The maximum absolute atomic E-state index is 13.3. The zero-order valence-corrected chi connectivity index (χ0v) is 10.1. The number of halogens is 2. The van der Waals surface area contributed by atoms with Crippen molar-refractivity contribution in [3.8, 4) is 12.1 Å². The lowest BCUT2D eigenvalue weighted by molar-refractivity contribution is 0.252. The second-order valence-electron chi connectivity index (χ2n) is 3.31. The summed E-state index contributed by atoms with van der Waals surface area (Å²) in [6, 6.07) is 4.23. The maximum atomic E-state index is 13.3. The molecule has 19 heavy (non-hydrogen) atoms. The van der Waals surface area contributed by atoms with E-state index in [1.807, 2.05) is 5.32 Å². The van der Waals surface area contributed by atoms with Crippen molar-refractivity contribution >= 4 is 29.0 Å². The lowest BCUT2D eigenvalue weighted by Gasteiger charge is -2.11. The van der Waals surface area contributed by atoms with Gasteiger partial charge in [-0.05, 0) is 18.2 Å². The summed E-state index contributed by atoms with van der Waals surface area (Å²) in [4.78, 5) is 11.5. The number of anilines is 1. The van der Waals surface area contributed by atoms with Gasteiger partial charge in [0.15, 0.2) is 6.04 Å². The van der Waals surface area contributed by atoms with Crippen molar-refractivity contribution in [1.82, 2.24) is 5.32 Å². The molecule has 6 nitrogen and oxygen atoms in total. The Kier molecular flexibility index (Phi) is 4.81. The third-order valence-electron chi connectivity index (χ3n) is 1.99. The van der Waals surface area contributed by atoms with E-state index in [-0.39, 0.29) is 10.7 Å². The number of carbonyl (C=O) groups excluding carboxylic acids is 1. The minimum Gasteiger partial charge on any atom is -0.316 e. The van der Waals surface area contributed by atoms with Crippen molar-refractivity contribution in [1.29, 1.82) is 15.9 Å². The molecule has 0 saturated heterocycles. The Morgan fingerprint density at radius 1 is 1.47 bits per heavy atom. The largest absolute Gasteiger partial charge is 0.320 e. The molecule has 0 saturated carbocycles. The first-order valence-corrected chi connectivity index (χ1v) is 5.26. The predicted molar refractivity (Wildman–Crippen MR) is 66.3 cm³/mol. The minimum absolute atomic E-state index is 0.176. The Hall–Kier alpha value is -2.64. The highest BCUT2D eigenvalue weighted by molar-refractivity contribution is 6.30. The van der Waals surface area contributed by atoms with E-state index in [2.05, 4.69) is 5.32 Å². The molecule has 1 atom stereocenters. The number of urea groups is 1.